The highest BCUT2D eigenvalue weighted by Crippen LogP contribution is 2.38. The molecule has 162 valence electrons. The van der Waals surface area contributed by atoms with Gasteiger partial charge in [0.05, 0.1) is 12.6 Å². The molecule has 0 aliphatic heterocycles. The molecular formula is C25H19ClFNO3S. The molecule has 4 aromatic rings. The van der Waals surface area contributed by atoms with Gasteiger partial charge in [0.2, 0.25) is 0 Å². The largest absolute Gasteiger partial charge is 0.487 e. The van der Waals surface area contributed by atoms with Crippen LogP contribution in [0, 0.1) is 5.82 Å². The fraction of sp³-hybridized carbons (Fsp3) is 0.120. The SMILES string of the molecule is COC(=O)c1c(SCc2c(F)cccc2Cl)nc2ccccc2c1OCc1ccccc1. The number of nitrogens with zero attached hydrogens (tertiary/aromatic N) is 1. The van der Waals surface area contributed by atoms with Crippen molar-refractivity contribution in [2.75, 3.05) is 7.11 Å². The van der Waals surface area contributed by atoms with Gasteiger partial charge in [-0.05, 0) is 29.8 Å². The highest BCUT2D eigenvalue weighted by Gasteiger charge is 2.24. The zero-order valence-corrected chi connectivity index (χ0v) is 18.8. The molecule has 0 unspecified atom stereocenters. The molecule has 3 aromatic carbocycles. The topological polar surface area (TPSA) is 48.4 Å². The van der Waals surface area contributed by atoms with Crippen LogP contribution in [0.2, 0.25) is 5.02 Å². The number of aromatic nitrogens is 1. The van der Waals surface area contributed by atoms with Crippen molar-refractivity contribution in [1.82, 2.24) is 4.98 Å². The summed E-state index contributed by atoms with van der Waals surface area (Å²) in [6, 6.07) is 21.6. The second kappa shape index (κ2) is 10.0. The molecule has 4 nitrogen and oxygen atoms in total. The number of methoxy groups -OCH3 is 1. The van der Waals surface area contributed by atoms with Crippen LogP contribution in [0.5, 0.6) is 5.75 Å². The first-order valence-corrected chi connectivity index (χ1v) is 11.2. The van der Waals surface area contributed by atoms with E-state index in [0.717, 1.165) is 5.56 Å². The molecule has 1 heterocycles. The van der Waals surface area contributed by atoms with Gasteiger partial charge in [0.15, 0.2) is 0 Å². The van der Waals surface area contributed by atoms with Gasteiger partial charge in [0.25, 0.3) is 0 Å². The minimum Gasteiger partial charge on any atom is -0.487 e. The van der Waals surface area contributed by atoms with Crippen molar-refractivity contribution in [3.63, 3.8) is 0 Å². The van der Waals surface area contributed by atoms with Crippen LogP contribution in [0.3, 0.4) is 0 Å². The van der Waals surface area contributed by atoms with E-state index in [-0.39, 0.29) is 17.9 Å². The third-order valence-corrected chi connectivity index (χ3v) is 6.20. The van der Waals surface area contributed by atoms with Gasteiger partial charge in [0, 0.05) is 21.7 Å². The number of para-hydroxylation sites is 1. The van der Waals surface area contributed by atoms with E-state index in [1.165, 1.54) is 24.9 Å². The van der Waals surface area contributed by atoms with E-state index < -0.39 is 11.8 Å². The predicted octanol–water partition coefficient (Wildman–Crippen LogP) is 6.69. The van der Waals surface area contributed by atoms with Gasteiger partial charge < -0.3 is 9.47 Å². The number of carbonyl (C=O) groups is 1. The van der Waals surface area contributed by atoms with Crippen LogP contribution < -0.4 is 4.74 Å². The van der Waals surface area contributed by atoms with Gasteiger partial charge in [0.1, 0.15) is 28.8 Å². The second-order valence-electron chi connectivity index (χ2n) is 6.89. The average molecular weight is 468 g/mol. The van der Waals surface area contributed by atoms with E-state index >= 15 is 0 Å². The Morgan fingerprint density at radius 2 is 1.78 bits per heavy atom. The Balaban J connectivity index is 1.78. The summed E-state index contributed by atoms with van der Waals surface area (Å²) in [5.74, 6) is -0.410. The summed E-state index contributed by atoms with van der Waals surface area (Å²) in [5, 5.41) is 1.40. The summed E-state index contributed by atoms with van der Waals surface area (Å²) in [4.78, 5) is 17.5. The Hall–Kier alpha value is -3.09. The molecule has 0 radical (unpaired) electrons. The number of hydrogen-bond acceptors (Lipinski definition) is 5. The van der Waals surface area contributed by atoms with Gasteiger partial charge in [-0.3, -0.25) is 0 Å². The van der Waals surface area contributed by atoms with E-state index in [1.54, 1.807) is 12.1 Å². The first kappa shape index (κ1) is 22.1. The highest BCUT2D eigenvalue weighted by molar-refractivity contribution is 7.98. The third kappa shape index (κ3) is 4.71. The molecule has 4 rings (SSSR count). The third-order valence-electron chi connectivity index (χ3n) is 4.84. The highest BCUT2D eigenvalue weighted by atomic mass is 35.5. The van der Waals surface area contributed by atoms with E-state index in [0.29, 0.717) is 32.3 Å². The fourth-order valence-corrected chi connectivity index (χ4v) is 4.60. The van der Waals surface area contributed by atoms with Crippen LogP contribution in [0.4, 0.5) is 4.39 Å². The Morgan fingerprint density at radius 3 is 2.53 bits per heavy atom. The summed E-state index contributed by atoms with van der Waals surface area (Å²) in [6.45, 7) is 0.266. The molecule has 0 fully saturated rings. The van der Waals surface area contributed by atoms with Gasteiger partial charge in [-0.15, -0.1) is 11.8 Å². The lowest BCUT2D eigenvalue weighted by Crippen LogP contribution is -2.10. The smallest absolute Gasteiger partial charge is 0.344 e. The molecular weight excluding hydrogens is 449 g/mol. The summed E-state index contributed by atoms with van der Waals surface area (Å²) in [7, 11) is 1.31. The minimum absolute atomic E-state index is 0.193. The number of carbonyl (C=O) groups excluding carboxylic acids is 1. The summed E-state index contributed by atoms with van der Waals surface area (Å²) in [5.41, 5.74) is 2.16. The first-order chi connectivity index (χ1) is 15.6. The second-order valence-corrected chi connectivity index (χ2v) is 8.26. The zero-order valence-electron chi connectivity index (χ0n) is 17.2. The van der Waals surface area contributed by atoms with E-state index in [2.05, 4.69) is 4.98 Å². The lowest BCUT2D eigenvalue weighted by molar-refractivity contribution is 0.0590. The standard InChI is InChI=1S/C25H19ClFNO3S/c1-30-25(29)22-23(31-14-16-8-3-2-4-9-16)17-10-5-6-13-21(17)28-24(22)32-15-18-19(26)11-7-12-20(18)27/h2-13H,14-15H2,1H3. The van der Waals surface area contributed by atoms with Crippen LogP contribution in [-0.2, 0) is 17.1 Å². The number of halogens is 2. The molecule has 32 heavy (non-hydrogen) atoms. The summed E-state index contributed by atoms with van der Waals surface area (Å²) >= 11 is 7.39. The Kier molecular flexibility index (Phi) is 6.93. The molecule has 0 saturated carbocycles. The number of hydrogen-bond donors (Lipinski definition) is 0. The van der Waals surface area contributed by atoms with Crippen LogP contribution in [0.15, 0.2) is 77.8 Å². The van der Waals surface area contributed by atoms with Crippen LogP contribution in [-0.4, -0.2) is 18.1 Å². The maximum atomic E-state index is 14.3. The summed E-state index contributed by atoms with van der Waals surface area (Å²) in [6.07, 6.45) is 0. The minimum atomic E-state index is -0.576. The molecule has 0 aliphatic rings. The van der Waals surface area contributed by atoms with Crippen molar-refractivity contribution in [2.24, 2.45) is 0 Å². The van der Waals surface area contributed by atoms with Crippen molar-refractivity contribution in [3.05, 3.63) is 100 Å². The molecule has 0 N–H and O–H groups in total. The van der Waals surface area contributed by atoms with E-state index in [4.69, 9.17) is 21.1 Å². The van der Waals surface area contributed by atoms with Crippen LogP contribution in [0.25, 0.3) is 10.9 Å². The molecule has 0 atom stereocenters. The molecule has 0 aliphatic carbocycles. The van der Waals surface area contributed by atoms with E-state index in [9.17, 15) is 9.18 Å². The first-order valence-electron chi connectivity index (χ1n) is 9.82. The maximum Gasteiger partial charge on any atom is 0.344 e. The van der Waals surface area contributed by atoms with Crippen LogP contribution in [0.1, 0.15) is 21.5 Å². The van der Waals surface area contributed by atoms with Gasteiger partial charge >= 0.3 is 5.97 Å². The van der Waals surface area contributed by atoms with Crippen molar-refractivity contribution < 1.29 is 18.7 Å². The zero-order chi connectivity index (χ0) is 22.5. The lowest BCUT2D eigenvalue weighted by Gasteiger charge is -2.16. The number of fused-ring (bicyclic) bond motifs is 1. The number of thioether (sulfide) groups is 1. The number of rotatable bonds is 7. The predicted molar refractivity (Wildman–Crippen MR) is 125 cm³/mol. The summed E-state index contributed by atoms with van der Waals surface area (Å²) < 4.78 is 25.5. The van der Waals surface area contributed by atoms with Crippen molar-refractivity contribution in [3.8, 4) is 5.75 Å². The number of esters is 1. The Bertz CT molecular complexity index is 1250. The quantitative estimate of drug-likeness (QED) is 0.224. The molecule has 7 heteroatoms. The molecule has 0 spiro atoms. The number of pyridine rings is 1. The van der Waals surface area contributed by atoms with Gasteiger partial charge in [-0.1, -0.05) is 60.1 Å². The van der Waals surface area contributed by atoms with Crippen molar-refractivity contribution in [1.29, 1.82) is 0 Å². The van der Waals surface area contributed by atoms with Crippen LogP contribution >= 0.6 is 23.4 Å². The molecule has 0 saturated heterocycles. The number of ether oxygens (including phenoxy) is 2. The molecule has 0 amide bonds. The molecule has 0 bridgehead atoms. The van der Waals surface area contributed by atoms with Gasteiger partial charge in [-0.2, -0.15) is 0 Å². The van der Waals surface area contributed by atoms with Gasteiger partial charge in [-0.25, -0.2) is 14.2 Å². The normalized spacial score (nSPS) is 10.8. The fourth-order valence-electron chi connectivity index (χ4n) is 3.24. The molecule has 1 aromatic heterocycles. The maximum absolute atomic E-state index is 14.3. The van der Waals surface area contributed by atoms with Crippen molar-refractivity contribution >= 4 is 40.2 Å². The average Bonchev–Trinajstić information content (AvgIpc) is 2.82. The lowest BCUT2D eigenvalue weighted by atomic mass is 10.1. The Labute approximate surface area is 194 Å². The Morgan fingerprint density at radius 1 is 1.03 bits per heavy atom. The number of benzene rings is 3. The monoisotopic (exact) mass is 467 g/mol. The van der Waals surface area contributed by atoms with E-state index in [1.807, 2.05) is 54.6 Å². The van der Waals surface area contributed by atoms with Crippen molar-refractivity contribution in [2.45, 2.75) is 17.4 Å².